The van der Waals surface area contributed by atoms with E-state index < -0.39 is 0 Å². The monoisotopic (exact) mass is 446 g/mol. The highest BCUT2D eigenvalue weighted by Gasteiger charge is 2.21. The number of H-pyrrole nitrogens is 2. The summed E-state index contributed by atoms with van der Waals surface area (Å²) in [5.41, 5.74) is 6.24. The number of amides is 1. The van der Waals surface area contributed by atoms with Crippen LogP contribution < -0.4 is 10.9 Å². The first-order valence-corrected chi connectivity index (χ1v) is 11.3. The van der Waals surface area contributed by atoms with Gasteiger partial charge in [-0.15, -0.1) is 0 Å². The number of rotatable bonds is 7. The van der Waals surface area contributed by atoms with Crippen molar-refractivity contribution >= 4 is 16.8 Å². The molecule has 33 heavy (non-hydrogen) atoms. The lowest BCUT2D eigenvalue weighted by molar-refractivity contribution is 0.0952. The number of benzene rings is 1. The molecule has 0 spiro atoms. The van der Waals surface area contributed by atoms with Crippen LogP contribution in [-0.2, 0) is 13.0 Å². The van der Waals surface area contributed by atoms with Crippen LogP contribution in [0.2, 0.25) is 0 Å². The third-order valence-corrected chi connectivity index (χ3v) is 5.86. The lowest BCUT2D eigenvalue weighted by atomic mass is 9.99. The number of carbonyl (C=O) groups is 1. The van der Waals surface area contributed by atoms with E-state index in [4.69, 9.17) is 5.10 Å². The van der Waals surface area contributed by atoms with Crippen LogP contribution in [0.3, 0.4) is 0 Å². The fourth-order valence-electron chi connectivity index (χ4n) is 4.34. The number of aryl methyl sites for hydroxylation is 3. The summed E-state index contributed by atoms with van der Waals surface area (Å²) in [6, 6.07) is 6.04. The minimum absolute atomic E-state index is 0.138. The van der Waals surface area contributed by atoms with Crippen LogP contribution in [0.1, 0.15) is 66.1 Å². The zero-order valence-electron chi connectivity index (χ0n) is 19.7. The number of pyridine rings is 1. The average molecular weight is 447 g/mol. The number of nitrogens with one attached hydrogen (secondary N) is 3. The molecule has 0 atom stereocenters. The Morgan fingerprint density at radius 2 is 1.97 bits per heavy atom. The molecule has 4 aromatic rings. The molecular weight excluding hydrogens is 416 g/mol. The molecule has 172 valence electrons. The molecule has 0 aliphatic rings. The molecule has 8 nitrogen and oxygen atoms in total. The van der Waals surface area contributed by atoms with E-state index in [2.05, 4.69) is 41.3 Å². The van der Waals surface area contributed by atoms with Crippen molar-refractivity contribution in [1.29, 1.82) is 0 Å². The number of aromatic amines is 2. The van der Waals surface area contributed by atoms with Crippen LogP contribution in [0.15, 0.2) is 35.4 Å². The summed E-state index contributed by atoms with van der Waals surface area (Å²) in [5.74, 6) is -0.237. The molecule has 8 heteroatoms. The fraction of sp³-hybridized carbons (Fsp3) is 0.360. The number of nitrogens with zero attached hydrogens (tertiary/aromatic N) is 3. The third kappa shape index (κ3) is 4.33. The molecule has 0 fully saturated rings. The Kier molecular flexibility index (Phi) is 6.18. The van der Waals surface area contributed by atoms with E-state index in [-0.39, 0.29) is 24.1 Å². The summed E-state index contributed by atoms with van der Waals surface area (Å²) in [6.07, 6.45) is 5.24. The van der Waals surface area contributed by atoms with Gasteiger partial charge in [0.2, 0.25) is 0 Å². The minimum atomic E-state index is -0.237. The van der Waals surface area contributed by atoms with Gasteiger partial charge in [-0.05, 0) is 63.4 Å². The normalized spacial score (nSPS) is 11.5. The smallest absolute Gasteiger partial charge is 0.253 e. The Balaban J connectivity index is 1.77. The largest absolute Gasteiger partial charge is 0.348 e. The molecule has 1 aromatic carbocycles. The molecular formula is C25H30N6O2. The van der Waals surface area contributed by atoms with Crippen molar-refractivity contribution in [2.75, 3.05) is 0 Å². The molecule has 0 bridgehead atoms. The summed E-state index contributed by atoms with van der Waals surface area (Å²) in [7, 11) is 0. The van der Waals surface area contributed by atoms with Crippen molar-refractivity contribution in [2.45, 2.75) is 60.0 Å². The summed E-state index contributed by atoms with van der Waals surface area (Å²) in [5, 5.41) is 15.4. The van der Waals surface area contributed by atoms with Gasteiger partial charge in [0.05, 0.1) is 23.0 Å². The number of aromatic nitrogens is 5. The Bertz CT molecular complexity index is 1360. The first-order chi connectivity index (χ1) is 15.8. The zero-order chi connectivity index (χ0) is 23.7. The second kappa shape index (κ2) is 9.05. The van der Waals surface area contributed by atoms with Crippen molar-refractivity contribution < 1.29 is 4.79 Å². The van der Waals surface area contributed by atoms with Gasteiger partial charge in [0.1, 0.15) is 0 Å². The van der Waals surface area contributed by atoms with E-state index in [1.807, 2.05) is 36.7 Å². The van der Waals surface area contributed by atoms with E-state index in [1.165, 1.54) is 0 Å². The summed E-state index contributed by atoms with van der Waals surface area (Å²) in [4.78, 5) is 28.9. The van der Waals surface area contributed by atoms with Crippen LogP contribution in [-0.4, -0.2) is 30.9 Å². The van der Waals surface area contributed by atoms with E-state index >= 15 is 0 Å². The SMILES string of the molecule is CCCc1cc(C)[nH]c(=O)c1CNC(=O)c1cc(-c2cn[nH]c2)cc2c1c(C)nn2C(C)C. The van der Waals surface area contributed by atoms with Crippen molar-refractivity contribution in [2.24, 2.45) is 0 Å². The van der Waals surface area contributed by atoms with Crippen LogP contribution in [0, 0.1) is 13.8 Å². The lowest BCUT2D eigenvalue weighted by Crippen LogP contribution is -2.28. The Labute approximate surface area is 192 Å². The molecule has 3 heterocycles. The quantitative estimate of drug-likeness (QED) is 0.395. The molecule has 0 radical (unpaired) electrons. The van der Waals surface area contributed by atoms with Gasteiger partial charge in [0, 0.05) is 41.0 Å². The average Bonchev–Trinajstić information content (AvgIpc) is 3.41. The van der Waals surface area contributed by atoms with Crippen molar-refractivity contribution in [3.8, 4) is 11.1 Å². The molecule has 0 saturated carbocycles. The highest BCUT2D eigenvalue weighted by Crippen LogP contribution is 2.31. The molecule has 4 rings (SSSR count). The van der Waals surface area contributed by atoms with E-state index in [9.17, 15) is 9.59 Å². The Morgan fingerprint density at radius 1 is 1.18 bits per heavy atom. The molecule has 3 N–H and O–H groups in total. The van der Waals surface area contributed by atoms with Crippen LogP contribution in [0.25, 0.3) is 22.0 Å². The molecule has 0 saturated heterocycles. The van der Waals surface area contributed by atoms with E-state index in [1.54, 1.807) is 12.4 Å². The van der Waals surface area contributed by atoms with Gasteiger partial charge in [-0.3, -0.25) is 19.4 Å². The fourth-order valence-corrected chi connectivity index (χ4v) is 4.34. The van der Waals surface area contributed by atoms with Gasteiger partial charge in [-0.25, -0.2) is 0 Å². The molecule has 3 aromatic heterocycles. The van der Waals surface area contributed by atoms with Crippen LogP contribution in [0.5, 0.6) is 0 Å². The number of hydrogen-bond donors (Lipinski definition) is 3. The van der Waals surface area contributed by atoms with Gasteiger partial charge in [-0.2, -0.15) is 10.2 Å². The Hall–Kier alpha value is -3.68. The number of carbonyl (C=O) groups excluding carboxylic acids is 1. The third-order valence-electron chi connectivity index (χ3n) is 5.86. The topological polar surface area (TPSA) is 108 Å². The van der Waals surface area contributed by atoms with Gasteiger partial charge >= 0.3 is 0 Å². The molecule has 1 amide bonds. The minimum Gasteiger partial charge on any atom is -0.348 e. The lowest BCUT2D eigenvalue weighted by Gasteiger charge is -2.13. The van der Waals surface area contributed by atoms with Crippen molar-refractivity contribution in [3.63, 3.8) is 0 Å². The van der Waals surface area contributed by atoms with Crippen LogP contribution >= 0.6 is 0 Å². The van der Waals surface area contributed by atoms with Gasteiger partial charge in [0.25, 0.3) is 11.5 Å². The maximum atomic E-state index is 13.4. The summed E-state index contributed by atoms with van der Waals surface area (Å²) >= 11 is 0. The van der Waals surface area contributed by atoms with E-state index in [0.29, 0.717) is 11.1 Å². The van der Waals surface area contributed by atoms with Crippen LogP contribution in [0.4, 0.5) is 0 Å². The predicted molar refractivity (Wildman–Crippen MR) is 129 cm³/mol. The highest BCUT2D eigenvalue weighted by atomic mass is 16.1. The maximum absolute atomic E-state index is 13.4. The van der Waals surface area contributed by atoms with Gasteiger partial charge < -0.3 is 10.3 Å². The first kappa shape index (κ1) is 22.5. The Morgan fingerprint density at radius 3 is 2.64 bits per heavy atom. The second-order valence-electron chi connectivity index (χ2n) is 8.75. The highest BCUT2D eigenvalue weighted by molar-refractivity contribution is 6.09. The summed E-state index contributed by atoms with van der Waals surface area (Å²) in [6.45, 7) is 10.2. The first-order valence-electron chi connectivity index (χ1n) is 11.3. The maximum Gasteiger partial charge on any atom is 0.253 e. The summed E-state index contributed by atoms with van der Waals surface area (Å²) < 4.78 is 1.94. The van der Waals surface area contributed by atoms with E-state index in [0.717, 1.165) is 51.8 Å². The van der Waals surface area contributed by atoms with Gasteiger partial charge in [0.15, 0.2) is 0 Å². The van der Waals surface area contributed by atoms with Crippen molar-refractivity contribution in [3.05, 3.63) is 69.0 Å². The molecule has 0 unspecified atom stereocenters. The predicted octanol–water partition coefficient (Wildman–Crippen LogP) is 4.19. The second-order valence-corrected chi connectivity index (χ2v) is 8.75. The van der Waals surface area contributed by atoms with Crippen molar-refractivity contribution in [1.82, 2.24) is 30.3 Å². The number of hydrogen-bond acceptors (Lipinski definition) is 4. The number of fused-ring (bicyclic) bond motifs is 1. The molecule has 0 aliphatic carbocycles. The van der Waals surface area contributed by atoms with Gasteiger partial charge in [-0.1, -0.05) is 13.3 Å². The molecule has 0 aliphatic heterocycles. The standard InChI is InChI=1S/C25H30N6O2/c1-6-7-17-8-15(4)29-25(33)21(17)13-26-24(32)20-9-18(19-11-27-28-12-19)10-22-23(20)16(5)30-31(22)14(2)3/h8-12,14H,6-7,13H2,1-5H3,(H,26,32)(H,27,28)(H,29,33). The zero-order valence-corrected chi connectivity index (χ0v) is 19.7.